The Hall–Kier alpha value is -3.34. The molecule has 0 atom stereocenters. The van der Waals surface area contributed by atoms with Crippen LogP contribution >= 0.6 is 39.7 Å². The second-order valence-electron chi connectivity index (χ2n) is 9.08. The minimum Gasteiger partial charge on any atom is -0.496 e. The Labute approximate surface area is 252 Å². The van der Waals surface area contributed by atoms with E-state index in [9.17, 15) is 9.59 Å². The van der Waals surface area contributed by atoms with E-state index >= 15 is 0 Å². The molecule has 0 radical (unpaired) electrons. The lowest BCUT2D eigenvalue weighted by atomic mass is 10.1. The number of thiocarbonyl (C=S) groups is 1. The Kier molecular flexibility index (Phi) is 10.2. The number of hydrogen-bond acceptors (Lipinski definition) is 6. The van der Waals surface area contributed by atoms with E-state index in [1.54, 1.807) is 31.4 Å². The lowest BCUT2D eigenvalue weighted by molar-refractivity contribution is 0.0746. The summed E-state index contributed by atoms with van der Waals surface area (Å²) in [5.41, 5.74) is 2.60. The van der Waals surface area contributed by atoms with Crippen molar-refractivity contribution in [2.45, 2.75) is 13.3 Å². The van der Waals surface area contributed by atoms with Crippen LogP contribution in [0, 0.1) is 0 Å². The van der Waals surface area contributed by atoms with Gasteiger partial charge in [0.05, 0.1) is 28.9 Å². The fourth-order valence-corrected chi connectivity index (χ4v) is 5.28. The highest BCUT2D eigenvalue weighted by Gasteiger charge is 2.23. The number of halogens is 2. The number of methoxy groups -OCH3 is 1. The number of anilines is 2. The van der Waals surface area contributed by atoms with E-state index in [0.29, 0.717) is 64.8 Å². The zero-order chi connectivity index (χ0) is 28.6. The van der Waals surface area contributed by atoms with Crippen molar-refractivity contribution < 1.29 is 19.1 Å². The molecule has 8 nitrogen and oxygen atoms in total. The molecule has 3 aromatic carbocycles. The zero-order valence-corrected chi connectivity index (χ0v) is 25.4. The van der Waals surface area contributed by atoms with E-state index in [2.05, 4.69) is 38.4 Å². The molecule has 1 aliphatic heterocycles. The Morgan fingerprint density at radius 3 is 2.33 bits per heavy atom. The van der Waals surface area contributed by atoms with Gasteiger partial charge in [0.15, 0.2) is 5.11 Å². The molecule has 2 N–H and O–H groups in total. The minimum absolute atomic E-state index is 0.00453. The van der Waals surface area contributed by atoms with Gasteiger partial charge >= 0.3 is 0 Å². The number of ether oxygens (including phenoxy) is 2. The van der Waals surface area contributed by atoms with Crippen molar-refractivity contribution in [1.82, 2.24) is 10.2 Å². The molecular weight excluding hydrogens is 616 g/mol. The average Bonchev–Trinajstić information content (AvgIpc) is 2.96. The summed E-state index contributed by atoms with van der Waals surface area (Å²) in [6, 6.07) is 17.8. The molecule has 0 aliphatic carbocycles. The second kappa shape index (κ2) is 13.8. The molecule has 3 aromatic rings. The number of piperazine rings is 1. The van der Waals surface area contributed by atoms with Crippen LogP contribution in [0.3, 0.4) is 0 Å². The summed E-state index contributed by atoms with van der Waals surface area (Å²) < 4.78 is 11.5. The van der Waals surface area contributed by atoms with E-state index < -0.39 is 0 Å². The van der Waals surface area contributed by atoms with Crippen LogP contribution in [0.2, 0.25) is 5.02 Å². The third-order valence-electron chi connectivity index (χ3n) is 6.33. The van der Waals surface area contributed by atoms with Crippen molar-refractivity contribution in [3.8, 4) is 11.5 Å². The number of nitrogens with zero attached hydrogens (tertiary/aromatic N) is 2. The van der Waals surface area contributed by atoms with Crippen LogP contribution in [0.15, 0.2) is 65.1 Å². The van der Waals surface area contributed by atoms with Crippen LogP contribution in [0.5, 0.6) is 11.5 Å². The first-order valence-corrected chi connectivity index (χ1v) is 14.4. The first-order valence-electron chi connectivity index (χ1n) is 12.8. The molecule has 2 amide bonds. The maximum Gasteiger partial charge on any atom is 0.257 e. The first-order chi connectivity index (χ1) is 19.3. The van der Waals surface area contributed by atoms with Gasteiger partial charge in [0.2, 0.25) is 0 Å². The fourth-order valence-electron chi connectivity index (χ4n) is 4.23. The van der Waals surface area contributed by atoms with Crippen LogP contribution in [0.1, 0.15) is 34.1 Å². The molecule has 11 heteroatoms. The lowest BCUT2D eigenvalue weighted by Gasteiger charge is -2.36. The van der Waals surface area contributed by atoms with Crippen molar-refractivity contribution >= 4 is 68.1 Å². The van der Waals surface area contributed by atoms with Gasteiger partial charge in [0.25, 0.3) is 11.8 Å². The average molecular weight is 646 g/mol. The van der Waals surface area contributed by atoms with Gasteiger partial charge in [-0.2, -0.15) is 0 Å². The molecule has 1 fully saturated rings. The van der Waals surface area contributed by atoms with Gasteiger partial charge in [-0.25, -0.2) is 0 Å². The summed E-state index contributed by atoms with van der Waals surface area (Å²) >= 11 is 15.3. The normalized spacial score (nSPS) is 13.0. The van der Waals surface area contributed by atoms with Gasteiger partial charge in [0.1, 0.15) is 11.5 Å². The topological polar surface area (TPSA) is 83.1 Å². The second-order valence-corrected chi connectivity index (χ2v) is 10.7. The molecule has 0 bridgehead atoms. The Morgan fingerprint density at radius 1 is 1.00 bits per heavy atom. The van der Waals surface area contributed by atoms with Crippen LogP contribution in [-0.4, -0.2) is 61.7 Å². The first kappa shape index (κ1) is 29.6. The zero-order valence-electron chi connectivity index (χ0n) is 22.2. The smallest absolute Gasteiger partial charge is 0.257 e. The SMILES string of the molecule is CCCOc1ccc(C(=O)N2CCN(c3ccc(NC(=S)NC(=O)c4ccc(OC)c(Br)c4)cc3Cl)CC2)cc1. The maximum absolute atomic E-state index is 13.0. The van der Waals surface area contributed by atoms with Crippen molar-refractivity contribution in [1.29, 1.82) is 0 Å². The van der Waals surface area contributed by atoms with Crippen molar-refractivity contribution in [3.63, 3.8) is 0 Å². The molecule has 0 spiro atoms. The number of hydrogen-bond donors (Lipinski definition) is 2. The minimum atomic E-state index is -0.350. The highest BCUT2D eigenvalue weighted by atomic mass is 79.9. The third kappa shape index (κ3) is 7.44. The summed E-state index contributed by atoms with van der Waals surface area (Å²) in [6.07, 6.45) is 0.934. The highest BCUT2D eigenvalue weighted by Crippen LogP contribution is 2.30. The Morgan fingerprint density at radius 2 is 1.70 bits per heavy atom. The largest absolute Gasteiger partial charge is 0.496 e. The number of carbonyl (C=O) groups is 2. The van der Waals surface area contributed by atoms with E-state index in [1.165, 1.54) is 0 Å². The van der Waals surface area contributed by atoms with Crippen LogP contribution in [0.25, 0.3) is 0 Å². The standard InChI is InChI=1S/C29H30BrClN4O4S/c1-3-16-39-22-8-4-19(5-9-22)28(37)35-14-12-34(13-15-35)25-10-7-21(18-24(25)31)32-29(40)33-27(36)20-6-11-26(38-2)23(30)17-20/h4-11,17-18H,3,12-16H2,1-2H3,(H2,32,33,36,40). The molecule has 210 valence electrons. The molecule has 1 heterocycles. The monoisotopic (exact) mass is 644 g/mol. The summed E-state index contributed by atoms with van der Waals surface area (Å²) in [4.78, 5) is 29.6. The van der Waals surface area contributed by atoms with Gasteiger partial charge < -0.3 is 24.6 Å². The fraction of sp³-hybridized carbons (Fsp3) is 0.276. The number of rotatable bonds is 8. The van der Waals surface area contributed by atoms with Crippen molar-refractivity contribution in [2.75, 3.05) is 50.1 Å². The number of carbonyl (C=O) groups excluding carboxylic acids is 2. The van der Waals surface area contributed by atoms with E-state index in [-0.39, 0.29) is 16.9 Å². The summed E-state index contributed by atoms with van der Waals surface area (Å²) in [5.74, 6) is 1.05. The molecule has 40 heavy (non-hydrogen) atoms. The Bertz CT molecular complexity index is 1380. The van der Waals surface area contributed by atoms with Gasteiger partial charge in [-0.3, -0.25) is 14.9 Å². The van der Waals surface area contributed by atoms with Gasteiger partial charge in [-0.05, 0) is 95.2 Å². The van der Waals surface area contributed by atoms with Gasteiger partial charge in [-0.15, -0.1) is 0 Å². The molecular formula is C29H30BrClN4O4S. The quantitative estimate of drug-likeness (QED) is 0.291. The van der Waals surface area contributed by atoms with Gasteiger partial charge in [0, 0.05) is 43.0 Å². The number of nitrogens with one attached hydrogen (secondary N) is 2. The van der Waals surface area contributed by atoms with Crippen LogP contribution in [0.4, 0.5) is 11.4 Å². The lowest BCUT2D eigenvalue weighted by Crippen LogP contribution is -2.48. The highest BCUT2D eigenvalue weighted by molar-refractivity contribution is 9.10. The van der Waals surface area contributed by atoms with E-state index in [1.807, 2.05) is 41.3 Å². The van der Waals surface area contributed by atoms with E-state index in [0.717, 1.165) is 17.9 Å². The van der Waals surface area contributed by atoms with E-state index in [4.69, 9.17) is 33.3 Å². The van der Waals surface area contributed by atoms with Gasteiger partial charge in [-0.1, -0.05) is 18.5 Å². The van der Waals surface area contributed by atoms with Crippen LogP contribution in [-0.2, 0) is 0 Å². The number of amides is 2. The third-order valence-corrected chi connectivity index (χ3v) is 7.45. The molecule has 1 saturated heterocycles. The number of benzene rings is 3. The summed E-state index contributed by atoms with van der Waals surface area (Å²) in [6.45, 7) is 5.18. The molecule has 4 rings (SSSR count). The molecule has 0 saturated carbocycles. The summed E-state index contributed by atoms with van der Waals surface area (Å²) in [5, 5.41) is 6.37. The summed E-state index contributed by atoms with van der Waals surface area (Å²) in [7, 11) is 1.56. The molecule has 0 aromatic heterocycles. The molecule has 1 aliphatic rings. The Balaban J connectivity index is 1.30. The van der Waals surface area contributed by atoms with Crippen molar-refractivity contribution in [3.05, 3.63) is 81.3 Å². The maximum atomic E-state index is 13.0. The van der Waals surface area contributed by atoms with Crippen molar-refractivity contribution in [2.24, 2.45) is 0 Å². The predicted molar refractivity (Wildman–Crippen MR) is 166 cm³/mol. The molecule has 0 unspecified atom stereocenters. The van der Waals surface area contributed by atoms with Crippen LogP contribution < -0.4 is 25.0 Å². The predicted octanol–water partition coefficient (Wildman–Crippen LogP) is 5.99.